The summed E-state index contributed by atoms with van der Waals surface area (Å²) in [5, 5.41) is 3.66. The smallest absolute Gasteiger partial charge is 0.0838 e. The van der Waals surface area contributed by atoms with Crippen LogP contribution in [0.2, 0.25) is 0 Å². The van der Waals surface area contributed by atoms with Gasteiger partial charge in [0.25, 0.3) is 0 Å². The third-order valence-corrected chi connectivity index (χ3v) is 4.67. The maximum atomic E-state index is 6.23. The first-order chi connectivity index (χ1) is 10.2. The molecule has 1 N–H and O–H groups in total. The van der Waals surface area contributed by atoms with Crippen LogP contribution in [0.3, 0.4) is 0 Å². The molecule has 1 aliphatic rings. The number of pyridine rings is 1. The number of rotatable bonds is 8. The second-order valence-electron chi connectivity index (χ2n) is 6.03. The predicted octanol–water partition coefficient (Wildman–Crippen LogP) is 3.51. The van der Waals surface area contributed by atoms with Crippen molar-refractivity contribution in [2.75, 3.05) is 13.2 Å². The lowest BCUT2D eigenvalue weighted by Crippen LogP contribution is -2.52. The first-order valence-corrected chi connectivity index (χ1v) is 8.55. The van der Waals surface area contributed by atoms with Crippen LogP contribution in [0.1, 0.15) is 57.7 Å². The fourth-order valence-electron chi connectivity index (χ4n) is 3.54. The first kappa shape index (κ1) is 16.4. The maximum absolute atomic E-state index is 6.23. The Balaban J connectivity index is 2.12. The molecule has 0 spiro atoms. The predicted molar refractivity (Wildman–Crippen MR) is 87.6 cm³/mol. The number of nitrogens with one attached hydrogen (secondary N) is 1. The molecule has 1 aromatic rings. The zero-order valence-electron chi connectivity index (χ0n) is 13.8. The average molecular weight is 290 g/mol. The monoisotopic (exact) mass is 290 g/mol. The average Bonchev–Trinajstić information content (AvgIpc) is 2.98. The Hall–Kier alpha value is -0.930. The summed E-state index contributed by atoms with van der Waals surface area (Å²) in [4.78, 5) is 4.64. The van der Waals surface area contributed by atoms with Gasteiger partial charge in [0.15, 0.2) is 0 Å². The molecule has 1 heterocycles. The largest absolute Gasteiger partial charge is 0.374 e. The van der Waals surface area contributed by atoms with Gasteiger partial charge in [-0.15, -0.1) is 0 Å². The summed E-state index contributed by atoms with van der Waals surface area (Å²) in [6, 6.07) is 4.75. The lowest BCUT2D eigenvalue weighted by molar-refractivity contribution is -0.0611. The molecule has 3 nitrogen and oxygen atoms in total. The van der Waals surface area contributed by atoms with Gasteiger partial charge in [0.1, 0.15) is 0 Å². The zero-order chi connectivity index (χ0) is 15.1. The minimum absolute atomic E-state index is 0.00979. The van der Waals surface area contributed by atoms with Crippen LogP contribution in [0.25, 0.3) is 0 Å². The van der Waals surface area contributed by atoms with Crippen LogP contribution in [0.4, 0.5) is 0 Å². The van der Waals surface area contributed by atoms with Crippen molar-refractivity contribution in [3.8, 4) is 0 Å². The Morgan fingerprint density at radius 1 is 1.24 bits per heavy atom. The van der Waals surface area contributed by atoms with Crippen LogP contribution in [0.15, 0.2) is 18.3 Å². The van der Waals surface area contributed by atoms with Gasteiger partial charge in [-0.3, -0.25) is 4.98 Å². The third kappa shape index (κ3) is 4.04. The molecule has 0 aliphatic heterocycles. The van der Waals surface area contributed by atoms with Crippen LogP contribution >= 0.6 is 0 Å². The molecule has 1 saturated carbocycles. The van der Waals surface area contributed by atoms with Crippen molar-refractivity contribution in [2.45, 2.75) is 70.9 Å². The van der Waals surface area contributed by atoms with Crippen molar-refractivity contribution in [2.24, 2.45) is 0 Å². The number of nitrogens with zero attached hydrogens (tertiary/aromatic N) is 1. The number of hydrogen-bond acceptors (Lipinski definition) is 3. The van der Waals surface area contributed by atoms with E-state index in [0.717, 1.165) is 26.0 Å². The highest BCUT2D eigenvalue weighted by molar-refractivity contribution is 5.16. The first-order valence-electron chi connectivity index (χ1n) is 8.55. The molecule has 0 bridgehead atoms. The fraction of sp³-hybridized carbons (Fsp3) is 0.722. The van der Waals surface area contributed by atoms with E-state index in [9.17, 15) is 0 Å². The molecule has 0 amide bonds. The van der Waals surface area contributed by atoms with Crippen LogP contribution in [0, 0.1) is 0 Å². The van der Waals surface area contributed by atoms with Gasteiger partial charge >= 0.3 is 0 Å². The van der Waals surface area contributed by atoms with Crippen LogP contribution < -0.4 is 5.32 Å². The highest BCUT2D eigenvalue weighted by atomic mass is 16.5. The van der Waals surface area contributed by atoms with Gasteiger partial charge in [0.2, 0.25) is 0 Å². The van der Waals surface area contributed by atoms with E-state index in [-0.39, 0.29) is 5.60 Å². The van der Waals surface area contributed by atoms with Gasteiger partial charge in [0, 0.05) is 31.0 Å². The summed E-state index contributed by atoms with van der Waals surface area (Å²) in [5.74, 6) is 0. The van der Waals surface area contributed by atoms with E-state index in [1.54, 1.807) is 0 Å². The number of aromatic nitrogens is 1. The van der Waals surface area contributed by atoms with Crippen molar-refractivity contribution in [3.05, 3.63) is 29.6 Å². The topological polar surface area (TPSA) is 34.2 Å². The zero-order valence-corrected chi connectivity index (χ0v) is 13.8. The fourth-order valence-corrected chi connectivity index (χ4v) is 3.54. The summed E-state index contributed by atoms with van der Waals surface area (Å²) in [6.45, 7) is 8.23. The highest BCUT2D eigenvalue weighted by Crippen LogP contribution is 2.37. The van der Waals surface area contributed by atoms with Gasteiger partial charge in [-0.05, 0) is 44.4 Å². The summed E-state index contributed by atoms with van der Waals surface area (Å²) in [7, 11) is 0. The van der Waals surface area contributed by atoms with E-state index in [4.69, 9.17) is 4.74 Å². The van der Waals surface area contributed by atoms with Crippen molar-refractivity contribution in [1.29, 1.82) is 0 Å². The second kappa shape index (κ2) is 7.90. The van der Waals surface area contributed by atoms with Crippen molar-refractivity contribution in [3.63, 3.8) is 0 Å². The summed E-state index contributed by atoms with van der Waals surface area (Å²) in [5.41, 5.74) is 2.49. The Morgan fingerprint density at radius 3 is 2.52 bits per heavy atom. The Bertz CT molecular complexity index is 410. The summed E-state index contributed by atoms with van der Waals surface area (Å²) < 4.78 is 6.23. The number of likely N-dealkylation sites (N-methyl/N-ethyl adjacent to an activating group) is 1. The molecule has 21 heavy (non-hydrogen) atoms. The molecule has 0 aromatic carbocycles. The standard InChI is InChI=1S/C18H30N2O/c1-4-15-9-10-16(20-14-15)13-17(19-5-2)18(21-6-3)11-7-8-12-18/h9-10,14,17,19H,4-8,11-13H2,1-3H3. The second-order valence-corrected chi connectivity index (χ2v) is 6.03. The minimum Gasteiger partial charge on any atom is -0.374 e. The van der Waals surface area contributed by atoms with Crippen LogP contribution in [-0.2, 0) is 17.6 Å². The molecule has 1 fully saturated rings. The van der Waals surface area contributed by atoms with Gasteiger partial charge in [-0.2, -0.15) is 0 Å². The molecule has 3 heteroatoms. The molecule has 2 rings (SSSR count). The minimum atomic E-state index is 0.00979. The number of aryl methyl sites for hydroxylation is 1. The van der Waals surface area contributed by atoms with Gasteiger partial charge < -0.3 is 10.1 Å². The van der Waals surface area contributed by atoms with Gasteiger partial charge in [0.05, 0.1) is 5.60 Å². The highest BCUT2D eigenvalue weighted by Gasteiger charge is 2.41. The van der Waals surface area contributed by atoms with Crippen molar-refractivity contribution >= 4 is 0 Å². The lowest BCUT2D eigenvalue weighted by atomic mass is 9.88. The SMILES string of the molecule is CCNC(Cc1ccc(CC)cn1)C1(OCC)CCCC1. The summed E-state index contributed by atoms with van der Waals surface area (Å²) in [6.07, 6.45) is 8.93. The Labute approximate surface area is 129 Å². The molecule has 0 radical (unpaired) electrons. The molecular formula is C18H30N2O. The molecule has 1 aliphatic carbocycles. The van der Waals surface area contributed by atoms with Crippen LogP contribution in [-0.4, -0.2) is 29.8 Å². The molecule has 1 unspecified atom stereocenters. The van der Waals surface area contributed by atoms with E-state index < -0.39 is 0 Å². The van der Waals surface area contributed by atoms with Crippen molar-refractivity contribution in [1.82, 2.24) is 10.3 Å². The Kier molecular flexibility index (Phi) is 6.19. The quantitative estimate of drug-likeness (QED) is 0.795. The van der Waals surface area contributed by atoms with Crippen LogP contribution in [0.5, 0.6) is 0 Å². The van der Waals surface area contributed by atoms with E-state index >= 15 is 0 Å². The third-order valence-electron chi connectivity index (χ3n) is 4.67. The summed E-state index contributed by atoms with van der Waals surface area (Å²) >= 11 is 0. The van der Waals surface area contributed by atoms with E-state index in [1.807, 2.05) is 6.20 Å². The molecule has 1 atom stereocenters. The molecule has 0 saturated heterocycles. The van der Waals surface area contributed by atoms with E-state index in [1.165, 1.54) is 36.9 Å². The molecule has 118 valence electrons. The van der Waals surface area contributed by atoms with Gasteiger partial charge in [-0.25, -0.2) is 0 Å². The maximum Gasteiger partial charge on any atom is 0.0838 e. The van der Waals surface area contributed by atoms with E-state index in [0.29, 0.717) is 6.04 Å². The van der Waals surface area contributed by atoms with E-state index in [2.05, 4.69) is 43.2 Å². The Morgan fingerprint density at radius 2 is 2.00 bits per heavy atom. The number of hydrogen-bond donors (Lipinski definition) is 1. The number of ether oxygens (including phenoxy) is 1. The normalized spacial score (nSPS) is 18.8. The lowest BCUT2D eigenvalue weighted by Gasteiger charge is -2.38. The van der Waals surface area contributed by atoms with Crippen molar-refractivity contribution < 1.29 is 4.74 Å². The molecular weight excluding hydrogens is 260 g/mol. The molecule has 1 aromatic heterocycles. The van der Waals surface area contributed by atoms with Gasteiger partial charge in [-0.1, -0.05) is 32.8 Å².